The Labute approximate surface area is 129 Å². The minimum Gasteiger partial charge on any atom is -0.310 e. The molecule has 0 saturated heterocycles. The molecule has 1 aromatic carbocycles. The van der Waals surface area contributed by atoms with E-state index < -0.39 is 0 Å². The van der Waals surface area contributed by atoms with Crippen molar-refractivity contribution in [1.29, 1.82) is 0 Å². The molecule has 0 radical (unpaired) electrons. The van der Waals surface area contributed by atoms with Crippen LogP contribution in [0, 0.1) is 0 Å². The molecule has 0 aliphatic heterocycles. The second-order valence-corrected chi connectivity index (χ2v) is 6.52. The van der Waals surface area contributed by atoms with Crippen LogP contribution in [0.1, 0.15) is 50.8 Å². The Morgan fingerprint density at radius 1 is 1.33 bits per heavy atom. The lowest BCUT2D eigenvalue weighted by atomic mass is 10.1. The van der Waals surface area contributed by atoms with E-state index in [0.29, 0.717) is 12.1 Å². The lowest BCUT2D eigenvalue weighted by molar-refractivity contribution is 0.565. The van der Waals surface area contributed by atoms with Crippen molar-refractivity contribution < 1.29 is 0 Å². The molecule has 6 heteroatoms. The predicted molar refractivity (Wildman–Crippen MR) is 83.4 cm³/mol. The topological polar surface area (TPSA) is 55.6 Å². The molecule has 1 atom stereocenters. The lowest BCUT2D eigenvalue weighted by Crippen LogP contribution is -2.19. The molecule has 5 nitrogen and oxygen atoms in total. The molecular formula is C15H21N5S. The molecule has 1 fully saturated rings. The molecule has 2 aromatic rings. The standard InChI is InChI=1S/C15H21N5S/c1-3-10-16-11(2)12-4-8-14(9-5-12)21-15-17-18-19-20(15)13-6-7-13/h4-5,8-9,11,13,16H,3,6-7,10H2,1-2H3. The number of hydrogen-bond donors (Lipinski definition) is 1. The molecule has 21 heavy (non-hydrogen) atoms. The first-order valence-electron chi connectivity index (χ1n) is 7.57. The SMILES string of the molecule is CCCNC(C)c1ccc(Sc2nnnn2C2CC2)cc1. The van der Waals surface area contributed by atoms with Crippen LogP contribution in [0.5, 0.6) is 0 Å². The minimum atomic E-state index is 0.390. The molecule has 112 valence electrons. The highest BCUT2D eigenvalue weighted by atomic mass is 32.2. The first-order valence-corrected chi connectivity index (χ1v) is 8.38. The van der Waals surface area contributed by atoms with Crippen LogP contribution < -0.4 is 5.32 Å². The second kappa shape index (κ2) is 6.58. The van der Waals surface area contributed by atoms with Gasteiger partial charge in [-0.25, -0.2) is 4.68 Å². The van der Waals surface area contributed by atoms with Gasteiger partial charge in [0.2, 0.25) is 5.16 Å². The van der Waals surface area contributed by atoms with Gasteiger partial charge in [-0.05, 0) is 72.6 Å². The fraction of sp³-hybridized carbons (Fsp3) is 0.533. The largest absolute Gasteiger partial charge is 0.310 e. The van der Waals surface area contributed by atoms with Crippen molar-refractivity contribution in [2.75, 3.05) is 6.54 Å². The zero-order valence-electron chi connectivity index (χ0n) is 12.5. The number of rotatable bonds is 7. The van der Waals surface area contributed by atoms with Crippen LogP contribution in [0.25, 0.3) is 0 Å². The summed E-state index contributed by atoms with van der Waals surface area (Å²) in [7, 11) is 0. The van der Waals surface area contributed by atoms with Gasteiger partial charge in [0.15, 0.2) is 0 Å². The third-order valence-electron chi connectivity index (χ3n) is 3.65. The van der Waals surface area contributed by atoms with Gasteiger partial charge in [0.05, 0.1) is 6.04 Å². The highest BCUT2D eigenvalue weighted by molar-refractivity contribution is 7.99. The van der Waals surface area contributed by atoms with Crippen LogP contribution in [-0.2, 0) is 0 Å². The Bertz CT molecular complexity index is 576. The summed E-state index contributed by atoms with van der Waals surface area (Å²) in [4.78, 5) is 1.18. The van der Waals surface area contributed by atoms with E-state index in [1.807, 2.05) is 4.68 Å². The van der Waals surface area contributed by atoms with Gasteiger partial charge in [0.1, 0.15) is 0 Å². The lowest BCUT2D eigenvalue weighted by Gasteiger charge is -2.13. The highest BCUT2D eigenvalue weighted by Crippen LogP contribution is 2.38. The van der Waals surface area contributed by atoms with Crippen molar-refractivity contribution in [2.45, 2.75) is 55.2 Å². The monoisotopic (exact) mass is 303 g/mol. The fourth-order valence-electron chi connectivity index (χ4n) is 2.21. The van der Waals surface area contributed by atoms with Gasteiger partial charge >= 0.3 is 0 Å². The quantitative estimate of drug-likeness (QED) is 0.851. The molecule has 1 saturated carbocycles. The normalized spacial score (nSPS) is 16.1. The number of aromatic nitrogens is 4. The molecule has 0 bridgehead atoms. The maximum absolute atomic E-state index is 4.12. The summed E-state index contributed by atoms with van der Waals surface area (Å²) in [6.07, 6.45) is 3.54. The number of benzene rings is 1. The van der Waals surface area contributed by atoms with Crippen LogP contribution in [0.2, 0.25) is 0 Å². The summed E-state index contributed by atoms with van der Waals surface area (Å²) in [6, 6.07) is 9.56. The second-order valence-electron chi connectivity index (χ2n) is 5.48. The van der Waals surface area contributed by atoms with Gasteiger partial charge in [-0.15, -0.1) is 5.10 Å². The van der Waals surface area contributed by atoms with Crippen molar-refractivity contribution in [1.82, 2.24) is 25.5 Å². The van der Waals surface area contributed by atoms with Crippen LogP contribution in [0.4, 0.5) is 0 Å². The zero-order valence-corrected chi connectivity index (χ0v) is 13.3. The van der Waals surface area contributed by atoms with Crippen LogP contribution in [0.15, 0.2) is 34.3 Å². The van der Waals surface area contributed by atoms with Crippen LogP contribution in [0.3, 0.4) is 0 Å². The van der Waals surface area contributed by atoms with Crippen molar-refractivity contribution in [3.05, 3.63) is 29.8 Å². The molecule has 1 N–H and O–H groups in total. The molecule has 1 aliphatic rings. The number of hydrogen-bond acceptors (Lipinski definition) is 5. The van der Waals surface area contributed by atoms with Gasteiger partial charge < -0.3 is 5.32 Å². The molecule has 0 amide bonds. The van der Waals surface area contributed by atoms with Crippen LogP contribution in [-0.4, -0.2) is 26.8 Å². The van der Waals surface area contributed by atoms with E-state index in [4.69, 9.17) is 0 Å². The van der Waals surface area contributed by atoms with Gasteiger partial charge in [-0.3, -0.25) is 0 Å². The van der Waals surface area contributed by atoms with Crippen molar-refractivity contribution >= 4 is 11.8 Å². The van der Waals surface area contributed by atoms with Crippen molar-refractivity contribution in [3.8, 4) is 0 Å². The summed E-state index contributed by atoms with van der Waals surface area (Å²) in [5, 5.41) is 16.4. The Balaban J connectivity index is 1.65. The van der Waals surface area contributed by atoms with E-state index in [1.165, 1.54) is 23.3 Å². The van der Waals surface area contributed by atoms with Gasteiger partial charge in [-0.2, -0.15) is 0 Å². The van der Waals surface area contributed by atoms with E-state index in [-0.39, 0.29) is 0 Å². The molecule has 1 unspecified atom stereocenters. The van der Waals surface area contributed by atoms with E-state index in [1.54, 1.807) is 11.8 Å². The molecule has 1 aliphatic carbocycles. The number of tetrazole rings is 1. The van der Waals surface area contributed by atoms with Crippen LogP contribution >= 0.6 is 11.8 Å². The van der Waals surface area contributed by atoms with E-state index in [2.05, 4.69) is 59.0 Å². The maximum atomic E-state index is 4.12. The van der Waals surface area contributed by atoms with Gasteiger partial charge in [0.25, 0.3) is 0 Å². The summed E-state index contributed by atoms with van der Waals surface area (Å²) < 4.78 is 1.95. The average molecular weight is 303 g/mol. The first-order chi connectivity index (χ1) is 10.3. The smallest absolute Gasteiger partial charge is 0.214 e. The summed E-state index contributed by atoms with van der Waals surface area (Å²) in [5.74, 6) is 0. The van der Waals surface area contributed by atoms with Crippen molar-refractivity contribution in [3.63, 3.8) is 0 Å². The Kier molecular flexibility index (Phi) is 4.55. The fourth-order valence-corrected chi connectivity index (χ4v) is 3.05. The molecule has 0 spiro atoms. The molecular weight excluding hydrogens is 282 g/mol. The third-order valence-corrected chi connectivity index (χ3v) is 4.60. The first kappa shape index (κ1) is 14.5. The Morgan fingerprint density at radius 3 is 2.76 bits per heavy atom. The maximum Gasteiger partial charge on any atom is 0.214 e. The summed E-state index contributed by atoms with van der Waals surface area (Å²) in [5.41, 5.74) is 1.31. The third kappa shape index (κ3) is 3.63. The Morgan fingerprint density at radius 2 is 2.10 bits per heavy atom. The minimum absolute atomic E-state index is 0.390. The van der Waals surface area contributed by atoms with E-state index in [0.717, 1.165) is 18.1 Å². The van der Waals surface area contributed by atoms with Gasteiger partial charge in [-0.1, -0.05) is 19.1 Å². The van der Waals surface area contributed by atoms with E-state index >= 15 is 0 Å². The predicted octanol–water partition coefficient (Wildman–Crippen LogP) is 3.22. The van der Waals surface area contributed by atoms with Crippen molar-refractivity contribution in [2.24, 2.45) is 0 Å². The summed E-state index contributed by atoms with van der Waals surface area (Å²) in [6.45, 7) is 5.43. The highest BCUT2D eigenvalue weighted by Gasteiger charge is 2.28. The number of nitrogens with zero attached hydrogens (tertiary/aromatic N) is 4. The Hall–Kier alpha value is -1.40. The molecule has 1 heterocycles. The zero-order chi connectivity index (χ0) is 14.7. The van der Waals surface area contributed by atoms with E-state index in [9.17, 15) is 0 Å². The molecule has 3 rings (SSSR count). The summed E-state index contributed by atoms with van der Waals surface area (Å²) >= 11 is 1.63. The van der Waals surface area contributed by atoms with Gasteiger partial charge in [0, 0.05) is 10.9 Å². The number of nitrogens with one attached hydrogen (secondary N) is 1. The average Bonchev–Trinajstić information content (AvgIpc) is 3.26. The molecule has 1 aromatic heterocycles.